The summed E-state index contributed by atoms with van der Waals surface area (Å²) in [5.74, 6) is 0. The number of anilines is 4. The summed E-state index contributed by atoms with van der Waals surface area (Å²) in [7, 11) is 0. The van der Waals surface area contributed by atoms with Crippen molar-refractivity contribution in [3.8, 4) is 0 Å². The molecule has 5 nitrogen and oxygen atoms in total. The van der Waals surface area contributed by atoms with E-state index in [9.17, 15) is 4.79 Å². The van der Waals surface area contributed by atoms with E-state index in [1.165, 1.54) is 0 Å². The Balaban J connectivity index is 2.04. The lowest BCUT2D eigenvalue weighted by molar-refractivity contribution is 0.0636. The maximum absolute atomic E-state index is 11.8. The number of aryl methyl sites for hydroxylation is 1. The fraction of sp³-hybridized carbons (Fsp3) is 0.316. The second-order valence-corrected chi connectivity index (χ2v) is 6.56. The average Bonchev–Trinajstić information content (AvgIpc) is 2.49. The zero-order chi connectivity index (χ0) is 17.7. The minimum Gasteiger partial charge on any atom is -0.444 e. The molecule has 0 aromatic heterocycles. The van der Waals surface area contributed by atoms with Gasteiger partial charge < -0.3 is 15.8 Å². The van der Waals surface area contributed by atoms with Crippen molar-refractivity contribution in [2.24, 2.45) is 0 Å². The number of benzene rings is 2. The lowest BCUT2D eigenvalue weighted by atomic mass is 10.1. The molecule has 2 aromatic rings. The molecule has 0 bridgehead atoms. The highest BCUT2D eigenvalue weighted by Crippen LogP contribution is 2.27. The Morgan fingerprint density at radius 2 is 1.71 bits per heavy atom. The smallest absolute Gasteiger partial charge is 0.412 e. The first kappa shape index (κ1) is 17.7. The van der Waals surface area contributed by atoms with E-state index in [0.29, 0.717) is 5.69 Å². The lowest BCUT2D eigenvalue weighted by Gasteiger charge is -2.19. The topological polar surface area (TPSA) is 76.4 Å². The molecule has 2 aromatic carbocycles. The molecule has 5 heteroatoms. The van der Waals surface area contributed by atoms with E-state index in [0.717, 1.165) is 29.0 Å². The molecule has 1 amide bonds. The molecule has 4 N–H and O–H groups in total. The Labute approximate surface area is 143 Å². The number of ether oxygens (including phenoxy) is 1. The third-order valence-electron chi connectivity index (χ3n) is 3.39. The number of hydrogen-bond acceptors (Lipinski definition) is 4. The van der Waals surface area contributed by atoms with Crippen molar-refractivity contribution in [1.82, 2.24) is 0 Å². The van der Waals surface area contributed by atoms with Crippen LogP contribution < -0.4 is 16.4 Å². The highest BCUT2D eigenvalue weighted by atomic mass is 16.6. The predicted molar refractivity (Wildman–Crippen MR) is 99.8 cm³/mol. The number of nitrogen functional groups attached to an aromatic ring is 1. The number of hydrogen-bond donors (Lipinski definition) is 3. The van der Waals surface area contributed by atoms with Gasteiger partial charge in [-0.05, 0) is 63.1 Å². The number of nitrogens with one attached hydrogen (secondary N) is 2. The van der Waals surface area contributed by atoms with Crippen LogP contribution in [0.2, 0.25) is 0 Å². The van der Waals surface area contributed by atoms with Crippen LogP contribution >= 0.6 is 0 Å². The SMILES string of the molecule is CCc1cccc(Nc2ccc(NC(=O)OC(C)(C)C)cc2)c1N. The quantitative estimate of drug-likeness (QED) is 0.696. The third-order valence-corrected chi connectivity index (χ3v) is 3.39. The minimum absolute atomic E-state index is 0.469. The maximum atomic E-state index is 11.8. The van der Waals surface area contributed by atoms with Crippen molar-refractivity contribution < 1.29 is 9.53 Å². The summed E-state index contributed by atoms with van der Waals surface area (Å²) in [6, 6.07) is 13.3. The molecule has 0 atom stereocenters. The van der Waals surface area contributed by atoms with Gasteiger partial charge in [-0.1, -0.05) is 19.1 Å². The highest BCUT2D eigenvalue weighted by molar-refractivity contribution is 5.85. The Kier molecular flexibility index (Phi) is 5.34. The van der Waals surface area contributed by atoms with E-state index < -0.39 is 11.7 Å². The molecule has 128 valence electrons. The summed E-state index contributed by atoms with van der Waals surface area (Å²) in [4.78, 5) is 11.8. The van der Waals surface area contributed by atoms with Crippen molar-refractivity contribution in [3.63, 3.8) is 0 Å². The monoisotopic (exact) mass is 327 g/mol. The van der Waals surface area contributed by atoms with Gasteiger partial charge in [0.1, 0.15) is 5.60 Å². The van der Waals surface area contributed by atoms with Gasteiger partial charge in [-0.15, -0.1) is 0 Å². The molecule has 0 aliphatic heterocycles. The van der Waals surface area contributed by atoms with Gasteiger partial charge in [0.15, 0.2) is 0 Å². The van der Waals surface area contributed by atoms with Gasteiger partial charge in [0.05, 0.1) is 11.4 Å². The summed E-state index contributed by atoms with van der Waals surface area (Å²) in [5.41, 5.74) is 9.96. The predicted octanol–water partition coefficient (Wildman–Crippen LogP) is 4.92. The van der Waals surface area contributed by atoms with Crippen LogP contribution in [0.1, 0.15) is 33.3 Å². The van der Waals surface area contributed by atoms with Gasteiger partial charge in [0, 0.05) is 11.4 Å². The summed E-state index contributed by atoms with van der Waals surface area (Å²) < 4.78 is 5.23. The van der Waals surface area contributed by atoms with Gasteiger partial charge >= 0.3 is 6.09 Å². The van der Waals surface area contributed by atoms with Crippen LogP contribution in [-0.4, -0.2) is 11.7 Å². The maximum Gasteiger partial charge on any atom is 0.412 e. The Bertz CT molecular complexity index is 704. The van der Waals surface area contributed by atoms with Gasteiger partial charge in [0.2, 0.25) is 0 Å². The van der Waals surface area contributed by atoms with Gasteiger partial charge in [-0.25, -0.2) is 4.79 Å². The zero-order valence-electron chi connectivity index (χ0n) is 14.6. The summed E-state index contributed by atoms with van der Waals surface area (Å²) in [6.07, 6.45) is 0.420. The Hall–Kier alpha value is -2.69. The Morgan fingerprint density at radius 1 is 1.08 bits per heavy atom. The number of carbonyl (C=O) groups is 1. The molecule has 0 spiro atoms. The number of rotatable bonds is 4. The summed E-state index contributed by atoms with van der Waals surface area (Å²) in [5, 5.41) is 6.00. The highest BCUT2D eigenvalue weighted by Gasteiger charge is 2.16. The molecule has 2 rings (SSSR count). The van der Waals surface area contributed by atoms with Crippen molar-refractivity contribution in [1.29, 1.82) is 0 Å². The van der Waals surface area contributed by atoms with Crippen LogP contribution in [0.4, 0.5) is 27.5 Å². The van der Waals surface area contributed by atoms with E-state index in [4.69, 9.17) is 10.5 Å². The van der Waals surface area contributed by atoms with Crippen LogP contribution in [0.5, 0.6) is 0 Å². The number of amides is 1. The zero-order valence-corrected chi connectivity index (χ0v) is 14.6. The Morgan fingerprint density at radius 3 is 2.29 bits per heavy atom. The first-order chi connectivity index (χ1) is 11.3. The molecule has 0 saturated heterocycles. The average molecular weight is 327 g/mol. The normalized spacial score (nSPS) is 11.0. The molecule has 0 heterocycles. The number of carbonyl (C=O) groups excluding carboxylic acids is 1. The van der Waals surface area contributed by atoms with E-state index in [1.807, 2.05) is 63.2 Å². The second-order valence-electron chi connectivity index (χ2n) is 6.56. The first-order valence-electron chi connectivity index (χ1n) is 8.03. The van der Waals surface area contributed by atoms with Crippen molar-refractivity contribution in [2.75, 3.05) is 16.4 Å². The molecule has 0 aliphatic rings. The lowest BCUT2D eigenvalue weighted by Crippen LogP contribution is -2.27. The summed E-state index contributed by atoms with van der Waals surface area (Å²) in [6.45, 7) is 7.56. The van der Waals surface area contributed by atoms with Crippen molar-refractivity contribution in [2.45, 2.75) is 39.7 Å². The number of nitrogens with two attached hydrogens (primary N) is 1. The molecular formula is C19H25N3O2. The molecule has 0 aliphatic carbocycles. The van der Waals surface area contributed by atoms with Crippen LogP contribution in [0.25, 0.3) is 0 Å². The number of para-hydroxylation sites is 1. The second kappa shape index (κ2) is 7.25. The van der Waals surface area contributed by atoms with E-state index in [2.05, 4.69) is 17.6 Å². The largest absolute Gasteiger partial charge is 0.444 e. The van der Waals surface area contributed by atoms with Crippen LogP contribution in [0.15, 0.2) is 42.5 Å². The van der Waals surface area contributed by atoms with Crippen molar-refractivity contribution >= 4 is 28.8 Å². The van der Waals surface area contributed by atoms with Crippen LogP contribution in [0.3, 0.4) is 0 Å². The van der Waals surface area contributed by atoms with Gasteiger partial charge in [-0.2, -0.15) is 0 Å². The molecule has 0 unspecified atom stereocenters. The minimum atomic E-state index is -0.520. The first-order valence-corrected chi connectivity index (χ1v) is 8.03. The van der Waals surface area contributed by atoms with E-state index >= 15 is 0 Å². The van der Waals surface area contributed by atoms with Crippen molar-refractivity contribution in [3.05, 3.63) is 48.0 Å². The van der Waals surface area contributed by atoms with Gasteiger partial charge in [0.25, 0.3) is 0 Å². The molecule has 0 saturated carbocycles. The van der Waals surface area contributed by atoms with Gasteiger partial charge in [-0.3, -0.25) is 5.32 Å². The fourth-order valence-electron chi connectivity index (χ4n) is 2.24. The molecule has 0 radical (unpaired) electrons. The molecule has 0 fully saturated rings. The molecular weight excluding hydrogens is 302 g/mol. The standard InChI is InChI=1S/C19H25N3O2/c1-5-13-7-6-8-16(17(13)20)21-14-9-11-15(12-10-14)22-18(23)24-19(2,3)4/h6-12,21H,5,20H2,1-4H3,(H,22,23). The van der Waals surface area contributed by atoms with Crippen LogP contribution in [-0.2, 0) is 11.2 Å². The van der Waals surface area contributed by atoms with E-state index in [-0.39, 0.29) is 0 Å². The van der Waals surface area contributed by atoms with E-state index in [1.54, 1.807) is 0 Å². The summed E-state index contributed by atoms with van der Waals surface area (Å²) >= 11 is 0. The third kappa shape index (κ3) is 4.91. The fourth-order valence-corrected chi connectivity index (χ4v) is 2.24. The van der Waals surface area contributed by atoms with Crippen LogP contribution in [0, 0.1) is 0 Å². The molecule has 24 heavy (non-hydrogen) atoms.